The maximum atomic E-state index is 12.0. The fourth-order valence-electron chi connectivity index (χ4n) is 2.54. The number of unbranched alkanes of at least 4 members (excludes halogenated alkanes) is 1. The van der Waals surface area contributed by atoms with Gasteiger partial charge in [0.25, 0.3) is 5.69 Å². The van der Waals surface area contributed by atoms with E-state index >= 15 is 0 Å². The summed E-state index contributed by atoms with van der Waals surface area (Å²) >= 11 is 0. The number of carbonyl (C=O) groups is 1. The molecule has 0 spiro atoms. The van der Waals surface area contributed by atoms with Crippen molar-refractivity contribution in [3.05, 3.63) is 39.9 Å². The predicted octanol–water partition coefficient (Wildman–Crippen LogP) is 3.74. The van der Waals surface area contributed by atoms with Gasteiger partial charge in [0.05, 0.1) is 10.5 Å². The van der Waals surface area contributed by atoms with Crippen molar-refractivity contribution in [2.75, 3.05) is 13.2 Å². The number of hydrogen-bond acceptors (Lipinski definition) is 5. The van der Waals surface area contributed by atoms with Crippen molar-refractivity contribution < 1.29 is 19.2 Å². The number of hydrogen-bond donors (Lipinski definition) is 0. The third kappa shape index (κ3) is 5.32. The van der Waals surface area contributed by atoms with Crippen molar-refractivity contribution >= 4 is 11.7 Å². The summed E-state index contributed by atoms with van der Waals surface area (Å²) < 4.78 is 10.9. The lowest BCUT2D eigenvalue weighted by molar-refractivity contribution is -0.384. The first-order valence-corrected chi connectivity index (χ1v) is 8.13. The van der Waals surface area contributed by atoms with Gasteiger partial charge in [0, 0.05) is 25.3 Å². The molecule has 0 heterocycles. The van der Waals surface area contributed by atoms with Crippen LogP contribution in [0.4, 0.5) is 5.69 Å². The minimum Gasteiger partial charge on any atom is -0.459 e. The third-order valence-electron chi connectivity index (χ3n) is 4.09. The van der Waals surface area contributed by atoms with Crippen LogP contribution in [0.1, 0.15) is 49.4 Å². The fraction of sp³-hybridized carbons (Fsp3) is 0.588. The highest BCUT2D eigenvalue weighted by molar-refractivity contribution is 5.89. The molecule has 6 heteroatoms. The molecule has 0 radical (unpaired) electrons. The third-order valence-corrected chi connectivity index (χ3v) is 4.09. The number of esters is 1. The highest BCUT2D eigenvalue weighted by atomic mass is 16.6. The van der Waals surface area contributed by atoms with Gasteiger partial charge in [0.15, 0.2) is 0 Å². The zero-order valence-corrected chi connectivity index (χ0v) is 13.4. The van der Waals surface area contributed by atoms with Crippen LogP contribution in [-0.2, 0) is 9.47 Å². The maximum Gasteiger partial charge on any atom is 0.338 e. The van der Waals surface area contributed by atoms with Crippen molar-refractivity contribution in [2.45, 2.75) is 45.1 Å². The summed E-state index contributed by atoms with van der Waals surface area (Å²) in [5, 5.41) is 10.6. The summed E-state index contributed by atoms with van der Waals surface area (Å²) in [6.07, 6.45) is 4.95. The lowest BCUT2D eigenvalue weighted by Crippen LogP contribution is -2.34. The van der Waals surface area contributed by atoms with E-state index in [0.717, 1.165) is 45.3 Å². The summed E-state index contributed by atoms with van der Waals surface area (Å²) in [5.41, 5.74) is 0.315. The van der Waals surface area contributed by atoms with Gasteiger partial charge in [-0.05, 0) is 43.7 Å². The van der Waals surface area contributed by atoms with Gasteiger partial charge in [-0.15, -0.1) is 0 Å². The largest absolute Gasteiger partial charge is 0.459 e. The first-order valence-electron chi connectivity index (χ1n) is 8.13. The molecule has 1 fully saturated rings. The Hall–Kier alpha value is -1.95. The Morgan fingerprint density at radius 3 is 2.57 bits per heavy atom. The second-order valence-corrected chi connectivity index (χ2v) is 5.92. The van der Waals surface area contributed by atoms with Crippen molar-refractivity contribution in [2.24, 2.45) is 5.92 Å². The summed E-state index contributed by atoms with van der Waals surface area (Å²) in [5.74, 6) is 0.147. The van der Waals surface area contributed by atoms with E-state index < -0.39 is 10.9 Å². The standard InChI is InChI=1S/C17H23NO5/c1-2-3-9-22-10-8-13-11-16(12-13)23-17(19)14-4-6-15(7-5-14)18(20)21/h4-7,13,16H,2-3,8-12H2,1H3. The molecule has 1 aliphatic rings. The van der Waals surface area contributed by atoms with E-state index in [1.807, 2.05) is 0 Å². The molecule has 2 rings (SSSR count). The minimum atomic E-state index is -0.492. The monoisotopic (exact) mass is 321 g/mol. The van der Waals surface area contributed by atoms with E-state index in [1.165, 1.54) is 24.3 Å². The van der Waals surface area contributed by atoms with Gasteiger partial charge in [-0.3, -0.25) is 10.1 Å². The summed E-state index contributed by atoms with van der Waals surface area (Å²) in [4.78, 5) is 22.0. The second kappa shape index (κ2) is 8.62. The number of carbonyl (C=O) groups excluding carboxylic acids is 1. The van der Waals surface area contributed by atoms with Gasteiger partial charge in [-0.25, -0.2) is 4.79 Å². The molecule has 0 aliphatic heterocycles. The topological polar surface area (TPSA) is 78.7 Å². The number of nitrogens with zero attached hydrogens (tertiary/aromatic N) is 1. The van der Waals surface area contributed by atoms with Crippen molar-refractivity contribution in [1.29, 1.82) is 0 Å². The lowest BCUT2D eigenvalue weighted by Gasteiger charge is -2.34. The molecule has 126 valence electrons. The Balaban J connectivity index is 1.65. The second-order valence-electron chi connectivity index (χ2n) is 5.92. The zero-order valence-electron chi connectivity index (χ0n) is 13.4. The minimum absolute atomic E-state index is 0.0340. The number of rotatable bonds is 9. The van der Waals surface area contributed by atoms with Crippen LogP contribution in [0.2, 0.25) is 0 Å². The molecule has 0 unspecified atom stereocenters. The van der Waals surface area contributed by atoms with Crippen LogP contribution in [0, 0.1) is 16.0 Å². The van der Waals surface area contributed by atoms with Crippen LogP contribution >= 0.6 is 0 Å². The van der Waals surface area contributed by atoms with Crippen LogP contribution in [0.5, 0.6) is 0 Å². The molecule has 0 N–H and O–H groups in total. The number of nitro groups is 1. The summed E-state index contributed by atoms with van der Waals surface area (Å²) in [6.45, 7) is 3.73. The van der Waals surface area contributed by atoms with E-state index in [-0.39, 0.29) is 11.8 Å². The maximum absolute atomic E-state index is 12.0. The number of benzene rings is 1. The molecule has 1 aromatic carbocycles. The smallest absolute Gasteiger partial charge is 0.338 e. The molecule has 6 nitrogen and oxygen atoms in total. The van der Waals surface area contributed by atoms with Crippen LogP contribution in [-0.4, -0.2) is 30.2 Å². The average Bonchev–Trinajstić information content (AvgIpc) is 2.51. The van der Waals surface area contributed by atoms with E-state index in [1.54, 1.807) is 0 Å². The van der Waals surface area contributed by atoms with Gasteiger partial charge >= 0.3 is 5.97 Å². The highest BCUT2D eigenvalue weighted by Crippen LogP contribution is 2.33. The Kier molecular flexibility index (Phi) is 6.52. The molecule has 0 aromatic heterocycles. The predicted molar refractivity (Wildman–Crippen MR) is 85.4 cm³/mol. The molecule has 0 amide bonds. The normalized spacial score (nSPS) is 19.9. The molecule has 23 heavy (non-hydrogen) atoms. The number of ether oxygens (including phenoxy) is 2. The number of nitro benzene ring substituents is 1. The molecular formula is C17H23NO5. The molecule has 0 bridgehead atoms. The van der Waals surface area contributed by atoms with Crippen molar-refractivity contribution in [3.63, 3.8) is 0 Å². The van der Waals surface area contributed by atoms with Crippen LogP contribution < -0.4 is 0 Å². The van der Waals surface area contributed by atoms with Crippen LogP contribution in [0.25, 0.3) is 0 Å². The summed E-state index contributed by atoms with van der Waals surface area (Å²) in [6, 6.07) is 5.48. The first kappa shape index (κ1) is 17.4. The Morgan fingerprint density at radius 2 is 1.96 bits per heavy atom. The zero-order chi connectivity index (χ0) is 16.7. The van der Waals surface area contributed by atoms with Gasteiger partial charge in [-0.2, -0.15) is 0 Å². The molecule has 1 aliphatic carbocycles. The fourth-order valence-corrected chi connectivity index (χ4v) is 2.54. The Morgan fingerprint density at radius 1 is 1.26 bits per heavy atom. The molecule has 0 saturated heterocycles. The van der Waals surface area contributed by atoms with Crippen molar-refractivity contribution in [1.82, 2.24) is 0 Å². The highest BCUT2D eigenvalue weighted by Gasteiger charge is 2.32. The van der Waals surface area contributed by atoms with E-state index in [4.69, 9.17) is 9.47 Å². The van der Waals surface area contributed by atoms with Gasteiger partial charge in [-0.1, -0.05) is 13.3 Å². The molecule has 1 aromatic rings. The van der Waals surface area contributed by atoms with Gasteiger partial charge in [0.2, 0.25) is 0 Å². The van der Waals surface area contributed by atoms with E-state index in [2.05, 4.69) is 6.92 Å². The summed E-state index contributed by atoms with van der Waals surface area (Å²) in [7, 11) is 0. The quantitative estimate of drug-likeness (QED) is 0.300. The SMILES string of the molecule is CCCCOCCC1CC(OC(=O)c2ccc([N+](=O)[O-])cc2)C1. The Labute approximate surface area is 135 Å². The van der Waals surface area contributed by atoms with Crippen molar-refractivity contribution in [3.8, 4) is 0 Å². The average molecular weight is 321 g/mol. The molecular weight excluding hydrogens is 298 g/mol. The van der Waals surface area contributed by atoms with Gasteiger partial charge < -0.3 is 9.47 Å². The van der Waals surface area contributed by atoms with Gasteiger partial charge in [0.1, 0.15) is 6.10 Å². The number of non-ortho nitro benzene ring substituents is 1. The molecule has 0 atom stereocenters. The molecule has 1 saturated carbocycles. The Bertz CT molecular complexity index is 522. The van der Waals surface area contributed by atoms with E-state index in [0.29, 0.717) is 11.5 Å². The first-order chi connectivity index (χ1) is 11.1. The van der Waals surface area contributed by atoms with Crippen LogP contribution in [0.3, 0.4) is 0 Å². The van der Waals surface area contributed by atoms with Crippen LogP contribution in [0.15, 0.2) is 24.3 Å². The van der Waals surface area contributed by atoms with E-state index in [9.17, 15) is 14.9 Å². The lowest BCUT2D eigenvalue weighted by atomic mass is 9.80.